The molecule has 38 heavy (non-hydrogen) atoms. The lowest BCUT2D eigenvalue weighted by molar-refractivity contribution is -0.322. The summed E-state index contributed by atoms with van der Waals surface area (Å²) < 4.78 is 178. The van der Waals surface area contributed by atoms with E-state index in [0.29, 0.717) is 36.4 Å². The molecule has 0 aromatic heterocycles. The fourth-order valence-corrected chi connectivity index (χ4v) is 4.02. The lowest BCUT2D eigenvalue weighted by atomic mass is 9.77. The largest absolute Gasteiger partial charge is 0.433 e. The first-order valence-corrected chi connectivity index (χ1v) is 10.3. The highest BCUT2D eigenvalue weighted by Gasteiger charge is 2.77. The van der Waals surface area contributed by atoms with E-state index in [4.69, 9.17) is 11.5 Å². The van der Waals surface area contributed by atoms with Gasteiger partial charge in [0.15, 0.2) is 0 Å². The maximum Gasteiger partial charge on any atom is 0.433 e. The predicted octanol–water partition coefficient (Wildman–Crippen LogP) is 7.89. The molecule has 0 heterocycles. The number of alkyl halides is 12. The highest BCUT2D eigenvalue weighted by molar-refractivity contribution is 5.55. The second kappa shape index (κ2) is 9.02. The van der Waals surface area contributed by atoms with Crippen LogP contribution in [0.25, 0.3) is 0 Å². The van der Waals surface area contributed by atoms with E-state index in [1.807, 2.05) is 0 Å². The van der Waals surface area contributed by atoms with Crippen molar-refractivity contribution in [3.05, 3.63) is 95.1 Å². The van der Waals surface area contributed by atoms with Crippen LogP contribution in [0.2, 0.25) is 0 Å². The van der Waals surface area contributed by atoms with Crippen LogP contribution in [0.15, 0.2) is 72.8 Å². The van der Waals surface area contributed by atoms with E-state index in [1.165, 1.54) is 0 Å². The summed E-state index contributed by atoms with van der Waals surface area (Å²) in [5.74, 6) is -12.1. The van der Waals surface area contributed by atoms with Gasteiger partial charge in [-0.15, -0.1) is 0 Å². The molecule has 2 unspecified atom stereocenters. The number of rotatable bonds is 6. The second-order valence-corrected chi connectivity index (χ2v) is 8.18. The van der Waals surface area contributed by atoms with Gasteiger partial charge in [-0.2, -0.15) is 43.9 Å². The van der Waals surface area contributed by atoms with E-state index in [-0.39, 0.29) is 24.3 Å². The Balaban J connectivity index is 2.41. The molecule has 4 N–H and O–H groups in total. The Morgan fingerprint density at radius 3 is 0.842 bits per heavy atom. The Morgan fingerprint density at radius 1 is 0.368 bits per heavy atom. The van der Waals surface area contributed by atoms with Crippen LogP contribution in [0, 0.1) is 0 Å². The van der Waals surface area contributed by atoms with E-state index in [2.05, 4.69) is 0 Å². The molecule has 0 saturated heterocycles. The molecule has 2 nitrogen and oxygen atoms in total. The Kier molecular flexibility index (Phi) is 6.88. The summed E-state index contributed by atoms with van der Waals surface area (Å²) in [6.07, 6.45) is -13.1. The maximum absolute atomic E-state index is 15.7. The van der Waals surface area contributed by atoms with Crippen LogP contribution in [0.4, 0.5) is 64.1 Å². The summed E-state index contributed by atoms with van der Waals surface area (Å²) >= 11 is 0. The zero-order chi connectivity index (χ0) is 28.9. The van der Waals surface area contributed by atoms with Gasteiger partial charge in [0.05, 0.1) is 0 Å². The molecule has 0 bridgehead atoms. The van der Waals surface area contributed by atoms with Gasteiger partial charge >= 0.3 is 24.2 Å². The smallest absolute Gasteiger partial charge is 0.398 e. The summed E-state index contributed by atoms with van der Waals surface area (Å²) in [5, 5.41) is 0. The van der Waals surface area contributed by atoms with Crippen molar-refractivity contribution in [2.24, 2.45) is 0 Å². The van der Waals surface area contributed by atoms with Gasteiger partial charge in [0.25, 0.3) is 11.3 Å². The highest BCUT2D eigenvalue weighted by Crippen LogP contribution is 2.63. The lowest BCUT2D eigenvalue weighted by Gasteiger charge is -2.40. The number of halogens is 12. The number of nitrogens with two attached hydrogens (primary N) is 2. The first-order valence-electron chi connectivity index (χ1n) is 10.3. The minimum atomic E-state index is -6.55. The first-order chi connectivity index (χ1) is 17.3. The maximum atomic E-state index is 15.7. The predicted molar refractivity (Wildman–Crippen MR) is 114 cm³/mol. The standard InChI is InChI=1S/C24H16F12N2/c25-19(23(31,32)33,15-9-3-5-11-17(15)37)21(27,28)13-7-1-2-8-14(13)22(29,30)20(26,24(34,35)36)16-10-4-6-12-18(16)38/h1-12H,37-38H2. The molecule has 0 fully saturated rings. The lowest BCUT2D eigenvalue weighted by Crippen LogP contribution is -2.54. The van der Waals surface area contributed by atoms with Gasteiger partial charge < -0.3 is 11.5 Å². The van der Waals surface area contributed by atoms with Gasteiger partial charge in [0.1, 0.15) is 0 Å². The summed E-state index contributed by atoms with van der Waals surface area (Å²) in [7, 11) is 0. The van der Waals surface area contributed by atoms with E-state index >= 15 is 26.3 Å². The number of anilines is 2. The van der Waals surface area contributed by atoms with Crippen LogP contribution >= 0.6 is 0 Å². The fourth-order valence-electron chi connectivity index (χ4n) is 4.02. The normalized spacial score (nSPS) is 16.5. The third kappa shape index (κ3) is 4.00. The van der Waals surface area contributed by atoms with Crippen LogP contribution in [-0.4, -0.2) is 12.4 Å². The molecule has 3 aromatic carbocycles. The molecule has 3 rings (SSSR count). The van der Waals surface area contributed by atoms with Gasteiger partial charge in [0, 0.05) is 33.6 Å². The van der Waals surface area contributed by atoms with Crippen LogP contribution in [0.1, 0.15) is 22.3 Å². The third-order valence-electron chi connectivity index (χ3n) is 5.91. The Labute approximate surface area is 206 Å². The molecule has 0 aliphatic rings. The van der Waals surface area contributed by atoms with Crippen molar-refractivity contribution in [2.45, 2.75) is 35.5 Å². The van der Waals surface area contributed by atoms with E-state index in [0.717, 1.165) is 12.1 Å². The summed E-state index contributed by atoms with van der Waals surface area (Å²) in [6, 6.07) is 5.50. The molecule has 14 heteroatoms. The second-order valence-electron chi connectivity index (χ2n) is 8.18. The molecule has 0 aliphatic heterocycles. The van der Waals surface area contributed by atoms with Gasteiger partial charge in [-0.25, -0.2) is 8.78 Å². The van der Waals surface area contributed by atoms with Crippen LogP contribution in [0.3, 0.4) is 0 Å². The Morgan fingerprint density at radius 2 is 0.605 bits per heavy atom. The molecule has 0 saturated carbocycles. The molecule has 3 aromatic rings. The van der Waals surface area contributed by atoms with Crippen molar-refractivity contribution in [3.8, 4) is 0 Å². The number of para-hydroxylation sites is 2. The van der Waals surface area contributed by atoms with Crippen molar-refractivity contribution in [1.29, 1.82) is 0 Å². The number of hydrogen-bond donors (Lipinski definition) is 2. The highest BCUT2D eigenvalue weighted by atomic mass is 19.4. The molecular weight excluding hydrogens is 544 g/mol. The molecule has 2 atom stereocenters. The van der Waals surface area contributed by atoms with Crippen molar-refractivity contribution in [3.63, 3.8) is 0 Å². The number of benzene rings is 3. The molecule has 0 amide bonds. The zero-order valence-electron chi connectivity index (χ0n) is 18.6. The van der Waals surface area contributed by atoms with Crippen molar-refractivity contribution in [1.82, 2.24) is 0 Å². The van der Waals surface area contributed by atoms with Crippen LogP contribution < -0.4 is 11.5 Å². The van der Waals surface area contributed by atoms with Crippen LogP contribution in [0.5, 0.6) is 0 Å². The van der Waals surface area contributed by atoms with Crippen molar-refractivity contribution < 1.29 is 52.7 Å². The number of hydrogen-bond acceptors (Lipinski definition) is 2. The zero-order valence-corrected chi connectivity index (χ0v) is 18.6. The SMILES string of the molecule is Nc1ccccc1C(F)(C(F)(F)F)C(F)(F)c1ccccc1C(F)(F)C(F)(c1ccccc1N)C(F)(F)F. The summed E-state index contributed by atoms with van der Waals surface area (Å²) in [4.78, 5) is 0. The Hall–Kier alpha value is -3.58. The minimum Gasteiger partial charge on any atom is -0.398 e. The minimum absolute atomic E-state index is 0.159. The Bertz CT molecular complexity index is 1220. The van der Waals surface area contributed by atoms with Gasteiger partial charge in [-0.3, -0.25) is 0 Å². The van der Waals surface area contributed by atoms with Gasteiger partial charge in [-0.05, 0) is 12.1 Å². The van der Waals surface area contributed by atoms with E-state index in [9.17, 15) is 26.3 Å². The average molecular weight is 560 g/mol. The fraction of sp³-hybridized carbons (Fsp3) is 0.250. The number of nitrogen functional groups attached to an aromatic ring is 2. The quantitative estimate of drug-likeness (QED) is 0.238. The third-order valence-corrected chi connectivity index (χ3v) is 5.91. The molecule has 206 valence electrons. The first kappa shape index (κ1) is 29.0. The van der Waals surface area contributed by atoms with Gasteiger partial charge in [-0.1, -0.05) is 60.7 Å². The van der Waals surface area contributed by atoms with Gasteiger partial charge in [0.2, 0.25) is 0 Å². The van der Waals surface area contributed by atoms with Crippen LogP contribution in [-0.2, 0) is 23.2 Å². The average Bonchev–Trinajstić information content (AvgIpc) is 2.82. The summed E-state index contributed by atoms with van der Waals surface area (Å²) in [6.45, 7) is 0. The van der Waals surface area contributed by atoms with Crippen molar-refractivity contribution in [2.75, 3.05) is 11.5 Å². The topological polar surface area (TPSA) is 52.0 Å². The monoisotopic (exact) mass is 560 g/mol. The summed E-state index contributed by atoms with van der Waals surface area (Å²) in [5.41, 5.74) is -12.4. The van der Waals surface area contributed by atoms with Crippen molar-refractivity contribution >= 4 is 11.4 Å². The van der Waals surface area contributed by atoms with E-state index < -0.39 is 69.2 Å². The molecule has 0 radical (unpaired) electrons. The molecule has 0 spiro atoms. The molecule has 0 aliphatic carbocycles. The van der Waals surface area contributed by atoms with E-state index in [1.54, 1.807) is 0 Å². The molecular formula is C24H16F12N2.